The Morgan fingerprint density at radius 2 is 1.93 bits per heavy atom. The minimum absolute atomic E-state index is 0.285. The number of carboxylic acid groups (broad SMARTS) is 1. The molecule has 2 aromatic heterocycles. The zero-order valence-electron chi connectivity index (χ0n) is 15.0. The molecule has 0 bridgehead atoms. The number of para-hydroxylation sites is 1. The standard InChI is InChI=1S/C21H22N4O2/c26-21(27)17-5-4-12-24(13-17)14-18-15-25(19-6-2-1-3-7-19)23-20(18)16-8-10-22-11-9-16/h1-3,6-11,15,17H,4-5,12-14H2,(H,26,27). The molecule has 0 amide bonds. The molecule has 138 valence electrons. The Morgan fingerprint density at radius 1 is 1.15 bits per heavy atom. The Kier molecular flexibility index (Phi) is 4.98. The summed E-state index contributed by atoms with van der Waals surface area (Å²) in [5.41, 5.74) is 4.03. The van der Waals surface area contributed by atoms with Crippen LogP contribution in [0.15, 0.2) is 61.1 Å². The molecular formula is C21H22N4O2. The smallest absolute Gasteiger partial charge is 0.307 e. The zero-order chi connectivity index (χ0) is 18.6. The van der Waals surface area contributed by atoms with Gasteiger partial charge >= 0.3 is 5.97 Å². The number of carbonyl (C=O) groups is 1. The van der Waals surface area contributed by atoms with Crippen LogP contribution in [-0.2, 0) is 11.3 Å². The van der Waals surface area contributed by atoms with Crippen LogP contribution in [0.5, 0.6) is 0 Å². The van der Waals surface area contributed by atoms with E-state index in [0.29, 0.717) is 13.1 Å². The van der Waals surface area contributed by atoms with E-state index in [9.17, 15) is 9.90 Å². The van der Waals surface area contributed by atoms with E-state index in [2.05, 4.69) is 16.1 Å². The second-order valence-corrected chi connectivity index (χ2v) is 6.93. The van der Waals surface area contributed by atoms with Crippen molar-refractivity contribution in [2.24, 2.45) is 5.92 Å². The first-order chi connectivity index (χ1) is 13.2. The van der Waals surface area contributed by atoms with Gasteiger partial charge in [0.25, 0.3) is 0 Å². The monoisotopic (exact) mass is 362 g/mol. The van der Waals surface area contributed by atoms with Crippen molar-refractivity contribution >= 4 is 5.97 Å². The fourth-order valence-corrected chi connectivity index (χ4v) is 3.63. The molecule has 0 spiro atoms. The van der Waals surface area contributed by atoms with Crippen molar-refractivity contribution in [2.75, 3.05) is 13.1 Å². The summed E-state index contributed by atoms with van der Waals surface area (Å²) in [5, 5.41) is 14.2. The molecule has 1 unspecified atom stereocenters. The van der Waals surface area contributed by atoms with E-state index >= 15 is 0 Å². The predicted octanol–water partition coefficient (Wildman–Crippen LogP) is 3.23. The fraction of sp³-hybridized carbons (Fsp3) is 0.286. The van der Waals surface area contributed by atoms with E-state index < -0.39 is 5.97 Å². The van der Waals surface area contributed by atoms with Crippen molar-refractivity contribution in [3.8, 4) is 16.9 Å². The van der Waals surface area contributed by atoms with Crippen LogP contribution in [0.1, 0.15) is 18.4 Å². The second-order valence-electron chi connectivity index (χ2n) is 6.93. The van der Waals surface area contributed by atoms with Crippen LogP contribution in [0, 0.1) is 5.92 Å². The Morgan fingerprint density at radius 3 is 2.67 bits per heavy atom. The quantitative estimate of drug-likeness (QED) is 0.754. The molecule has 1 atom stereocenters. The Labute approximate surface area is 158 Å². The molecule has 1 saturated heterocycles. The number of aliphatic carboxylic acids is 1. The van der Waals surface area contributed by atoms with Gasteiger partial charge in [0.2, 0.25) is 0 Å². The third-order valence-electron chi connectivity index (χ3n) is 5.01. The van der Waals surface area contributed by atoms with Crippen molar-refractivity contribution in [3.05, 3.63) is 66.6 Å². The SMILES string of the molecule is O=C(O)C1CCCN(Cc2cn(-c3ccccc3)nc2-c2ccncc2)C1. The molecule has 3 heterocycles. The number of hydrogen-bond donors (Lipinski definition) is 1. The summed E-state index contributed by atoms with van der Waals surface area (Å²) >= 11 is 0. The summed E-state index contributed by atoms with van der Waals surface area (Å²) in [6.07, 6.45) is 7.25. The normalized spacial score (nSPS) is 17.7. The van der Waals surface area contributed by atoms with Gasteiger partial charge in [-0.3, -0.25) is 14.7 Å². The second kappa shape index (κ2) is 7.72. The molecule has 27 heavy (non-hydrogen) atoms. The maximum Gasteiger partial charge on any atom is 0.307 e. The average molecular weight is 362 g/mol. The van der Waals surface area contributed by atoms with Gasteiger partial charge in [0.15, 0.2) is 0 Å². The molecule has 0 aliphatic carbocycles. The summed E-state index contributed by atoms with van der Waals surface area (Å²) in [7, 11) is 0. The van der Waals surface area contributed by atoms with Gasteiger partial charge in [-0.25, -0.2) is 4.68 Å². The fourth-order valence-electron chi connectivity index (χ4n) is 3.63. The van der Waals surface area contributed by atoms with E-state index in [-0.39, 0.29) is 5.92 Å². The maximum absolute atomic E-state index is 11.4. The molecule has 6 heteroatoms. The maximum atomic E-state index is 11.4. The first-order valence-electron chi connectivity index (χ1n) is 9.20. The van der Waals surface area contributed by atoms with Crippen LogP contribution in [0.25, 0.3) is 16.9 Å². The average Bonchev–Trinajstić information content (AvgIpc) is 3.13. The number of carboxylic acids is 1. The van der Waals surface area contributed by atoms with E-state index in [1.165, 1.54) is 0 Å². The summed E-state index contributed by atoms with van der Waals surface area (Å²) in [5.74, 6) is -0.985. The van der Waals surface area contributed by atoms with Gasteiger partial charge in [0.1, 0.15) is 0 Å². The lowest BCUT2D eigenvalue weighted by Crippen LogP contribution is -2.38. The van der Waals surface area contributed by atoms with Gasteiger partial charge < -0.3 is 5.11 Å². The van der Waals surface area contributed by atoms with Gasteiger partial charge in [0.05, 0.1) is 17.3 Å². The first-order valence-corrected chi connectivity index (χ1v) is 9.20. The number of piperidine rings is 1. The van der Waals surface area contributed by atoms with E-state index in [1.807, 2.05) is 47.1 Å². The van der Waals surface area contributed by atoms with Crippen LogP contribution in [-0.4, -0.2) is 43.8 Å². The summed E-state index contributed by atoms with van der Waals surface area (Å²) in [4.78, 5) is 17.7. The van der Waals surface area contributed by atoms with E-state index in [1.54, 1.807) is 12.4 Å². The molecule has 1 fully saturated rings. The van der Waals surface area contributed by atoms with Crippen LogP contribution in [0.2, 0.25) is 0 Å². The molecule has 3 aromatic rings. The molecule has 1 aliphatic heterocycles. The van der Waals surface area contributed by atoms with Crippen molar-refractivity contribution < 1.29 is 9.90 Å². The summed E-state index contributed by atoms with van der Waals surface area (Å²) in [6.45, 7) is 2.19. The van der Waals surface area contributed by atoms with Gasteiger partial charge in [-0.2, -0.15) is 5.10 Å². The molecule has 1 N–H and O–H groups in total. The third-order valence-corrected chi connectivity index (χ3v) is 5.01. The van der Waals surface area contributed by atoms with Gasteiger partial charge in [-0.15, -0.1) is 0 Å². The largest absolute Gasteiger partial charge is 0.481 e. The molecule has 6 nitrogen and oxygen atoms in total. The molecule has 0 radical (unpaired) electrons. The Bertz CT molecular complexity index is 908. The van der Waals surface area contributed by atoms with Crippen LogP contribution in [0.4, 0.5) is 0 Å². The minimum atomic E-state index is -0.700. The lowest BCUT2D eigenvalue weighted by Gasteiger charge is -2.30. The number of rotatable bonds is 5. The van der Waals surface area contributed by atoms with Crippen molar-refractivity contribution in [2.45, 2.75) is 19.4 Å². The molecule has 0 saturated carbocycles. The Hall–Kier alpha value is -2.99. The molecule has 4 rings (SSSR count). The van der Waals surface area contributed by atoms with Gasteiger partial charge in [-0.1, -0.05) is 18.2 Å². The van der Waals surface area contributed by atoms with Crippen molar-refractivity contribution in [3.63, 3.8) is 0 Å². The van der Waals surface area contributed by atoms with Gasteiger partial charge in [-0.05, 0) is 43.7 Å². The van der Waals surface area contributed by atoms with Crippen LogP contribution in [0.3, 0.4) is 0 Å². The summed E-state index contributed by atoms with van der Waals surface area (Å²) < 4.78 is 1.89. The molecule has 1 aromatic carbocycles. The number of nitrogens with zero attached hydrogens (tertiary/aromatic N) is 4. The highest BCUT2D eigenvalue weighted by Crippen LogP contribution is 2.26. The molecule has 1 aliphatic rings. The number of likely N-dealkylation sites (tertiary alicyclic amines) is 1. The van der Waals surface area contributed by atoms with Crippen LogP contribution < -0.4 is 0 Å². The third kappa shape index (κ3) is 3.90. The highest BCUT2D eigenvalue weighted by atomic mass is 16.4. The van der Waals surface area contributed by atoms with E-state index in [0.717, 1.165) is 41.9 Å². The van der Waals surface area contributed by atoms with Crippen molar-refractivity contribution in [1.82, 2.24) is 19.7 Å². The number of benzene rings is 1. The summed E-state index contributed by atoms with van der Waals surface area (Å²) in [6, 6.07) is 13.9. The topological polar surface area (TPSA) is 71.2 Å². The van der Waals surface area contributed by atoms with E-state index in [4.69, 9.17) is 5.10 Å². The lowest BCUT2D eigenvalue weighted by molar-refractivity contribution is -0.143. The zero-order valence-corrected chi connectivity index (χ0v) is 15.0. The Balaban J connectivity index is 1.66. The predicted molar refractivity (Wildman–Crippen MR) is 102 cm³/mol. The van der Waals surface area contributed by atoms with Crippen molar-refractivity contribution in [1.29, 1.82) is 0 Å². The van der Waals surface area contributed by atoms with Crippen LogP contribution >= 0.6 is 0 Å². The number of aromatic nitrogens is 3. The first kappa shape index (κ1) is 17.4. The lowest BCUT2D eigenvalue weighted by atomic mass is 9.97. The number of pyridine rings is 1. The number of hydrogen-bond acceptors (Lipinski definition) is 4. The van der Waals surface area contributed by atoms with Gasteiger partial charge in [0, 0.05) is 42.8 Å². The highest BCUT2D eigenvalue weighted by Gasteiger charge is 2.26. The highest BCUT2D eigenvalue weighted by molar-refractivity contribution is 5.70. The minimum Gasteiger partial charge on any atom is -0.481 e. The molecular weight excluding hydrogens is 340 g/mol.